The maximum atomic E-state index is 12.9. The summed E-state index contributed by atoms with van der Waals surface area (Å²) in [5.41, 5.74) is 0.101. The van der Waals surface area contributed by atoms with Crippen LogP contribution < -0.4 is 0 Å². The number of fused-ring (bicyclic) bond motifs is 1. The van der Waals surface area contributed by atoms with Gasteiger partial charge in [0.25, 0.3) is 5.89 Å². The fourth-order valence-corrected chi connectivity index (χ4v) is 4.51. The lowest BCUT2D eigenvalue weighted by Crippen LogP contribution is -2.08. The lowest BCUT2D eigenvalue weighted by molar-refractivity contribution is -0.137. The number of rotatable bonds is 5. The molecule has 0 amide bonds. The topological polar surface area (TPSA) is 80.4 Å². The number of hydrogen-bond acceptors (Lipinski definition) is 5. The number of carboxylic acids is 1. The number of alkyl halides is 3. The molecule has 2 aromatic heterocycles. The van der Waals surface area contributed by atoms with E-state index in [9.17, 15) is 27.9 Å². The Hall–Kier alpha value is -3.17. The van der Waals surface area contributed by atoms with Crippen LogP contribution in [-0.2, 0) is 12.6 Å². The lowest BCUT2D eigenvalue weighted by Gasteiger charge is -2.10. The molecule has 4 rings (SSSR count). The second kappa shape index (κ2) is 7.82. The zero-order valence-corrected chi connectivity index (χ0v) is 16.9. The van der Waals surface area contributed by atoms with Gasteiger partial charge in [-0.3, -0.25) is 4.79 Å². The molecular formula is C21H11ClF3NO4S. The third kappa shape index (κ3) is 4.06. The maximum absolute atomic E-state index is 12.9. The van der Waals surface area contributed by atoms with E-state index in [1.807, 2.05) is 0 Å². The van der Waals surface area contributed by atoms with E-state index < -0.39 is 23.5 Å². The fraction of sp³-hybridized carbons (Fsp3) is 0.0952. The van der Waals surface area contributed by atoms with E-state index in [2.05, 4.69) is 4.98 Å². The number of benzene rings is 2. The number of para-hydroxylation sites is 2. The molecule has 0 aliphatic rings. The van der Waals surface area contributed by atoms with Crippen LogP contribution in [0.5, 0.6) is 0 Å². The first-order valence-electron chi connectivity index (χ1n) is 8.74. The van der Waals surface area contributed by atoms with E-state index in [0.717, 1.165) is 29.5 Å². The van der Waals surface area contributed by atoms with Gasteiger partial charge in [0, 0.05) is 17.0 Å². The molecule has 31 heavy (non-hydrogen) atoms. The van der Waals surface area contributed by atoms with Gasteiger partial charge < -0.3 is 9.52 Å². The molecule has 0 aliphatic heterocycles. The number of nitrogens with zero attached hydrogens (tertiary/aromatic N) is 1. The van der Waals surface area contributed by atoms with Crippen LogP contribution in [0.4, 0.5) is 13.2 Å². The highest BCUT2D eigenvalue weighted by atomic mass is 35.5. The molecular weight excluding hydrogens is 455 g/mol. The number of carboxylic acid groups (broad SMARTS) is 1. The summed E-state index contributed by atoms with van der Waals surface area (Å²) < 4.78 is 44.1. The highest BCUT2D eigenvalue weighted by Gasteiger charge is 2.32. The van der Waals surface area contributed by atoms with Crippen molar-refractivity contribution in [2.45, 2.75) is 12.6 Å². The van der Waals surface area contributed by atoms with Crippen LogP contribution in [0.3, 0.4) is 0 Å². The lowest BCUT2D eigenvalue weighted by atomic mass is 10.0. The predicted molar refractivity (Wildman–Crippen MR) is 109 cm³/mol. The van der Waals surface area contributed by atoms with E-state index in [1.54, 1.807) is 24.3 Å². The van der Waals surface area contributed by atoms with E-state index in [-0.39, 0.29) is 38.9 Å². The molecule has 0 bridgehead atoms. The zero-order chi connectivity index (χ0) is 22.3. The maximum Gasteiger partial charge on any atom is 0.416 e. The van der Waals surface area contributed by atoms with Crippen molar-refractivity contribution in [1.29, 1.82) is 0 Å². The molecule has 0 unspecified atom stereocenters. The first-order valence-corrected chi connectivity index (χ1v) is 10.0. The summed E-state index contributed by atoms with van der Waals surface area (Å²) in [5.74, 6) is -2.01. The Balaban J connectivity index is 1.69. The average molecular weight is 466 g/mol. The number of Topliss-reactive ketones (excluding diaryl/α,β-unsaturated/α-hetero) is 1. The molecule has 0 radical (unpaired) electrons. The zero-order valence-electron chi connectivity index (χ0n) is 15.4. The number of carbonyl (C=O) groups is 2. The molecule has 0 saturated carbocycles. The van der Waals surface area contributed by atoms with Crippen LogP contribution in [-0.4, -0.2) is 21.8 Å². The van der Waals surface area contributed by atoms with E-state index in [1.165, 1.54) is 5.38 Å². The first-order chi connectivity index (χ1) is 14.6. The van der Waals surface area contributed by atoms with Gasteiger partial charge in [-0.05, 0) is 35.2 Å². The van der Waals surface area contributed by atoms with Gasteiger partial charge in [-0.2, -0.15) is 13.2 Å². The average Bonchev–Trinajstić information content (AvgIpc) is 3.31. The standard InChI is InChI=1S/C21H11ClF3NO4S/c22-13-8-11(21(23,24)25)5-6-12(13)18-17(20(28)29)10(9-31-18)7-15(27)19-26-14-3-1-2-4-16(14)30-19/h1-6,8-9H,7H2,(H,28,29). The van der Waals surface area contributed by atoms with Gasteiger partial charge in [0.15, 0.2) is 5.58 Å². The molecule has 1 N–H and O–H groups in total. The second-order valence-corrected chi connectivity index (χ2v) is 7.84. The molecule has 0 saturated heterocycles. The summed E-state index contributed by atoms with van der Waals surface area (Å²) in [4.78, 5) is 28.8. The van der Waals surface area contributed by atoms with E-state index in [4.69, 9.17) is 16.0 Å². The largest absolute Gasteiger partial charge is 0.478 e. The van der Waals surface area contributed by atoms with Crippen LogP contribution in [0.1, 0.15) is 32.2 Å². The molecule has 0 spiro atoms. The van der Waals surface area contributed by atoms with Gasteiger partial charge in [0.05, 0.1) is 16.0 Å². The van der Waals surface area contributed by atoms with Crippen LogP contribution in [0, 0.1) is 0 Å². The van der Waals surface area contributed by atoms with Crippen molar-refractivity contribution in [3.05, 3.63) is 75.4 Å². The number of aromatic nitrogens is 1. The van der Waals surface area contributed by atoms with Gasteiger partial charge in [-0.15, -0.1) is 11.3 Å². The van der Waals surface area contributed by atoms with E-state index in [0.29, 0.717) is 11.1 Å². The minimum absolute atomic E-state index is 0.137. The molecule has 2 heterocycles. The Kier molecular flexibility index (Phi) is 5.32. The van der Waals surface area contributed by atoms with E-state index >= 15 is 0 Å². The van der Waals surface area contributed by atoms with Crippen molar-refractivity contribution in [3.63, 3.8) is 0 Å². The quantitative estimate of drug-likeness (QED) is 0.347. The molecule has 0 aliphatic carbocycles. The smallest absolute Gasteiger partial charge is 0.416 e. The minimum atomic E-state index is -4.58. The first kappa shape index (κ1) is 21.1. The SMILES string of the molecule is O=C(Cc1csc(-c2ccc(C(F)(F)F)cc2Cl)c1C(=O)O)c1nc2ccccc2o1. The number of carbonyl (C=O) groups excluding carboxylic acids is 1. The van der Waals surface area contributed by atoms with Crippen molar-refractivity contribution in [2.75, 3.05) is 0 Å². The summed E-state index contributed by atoms with van der Waals surface area (Å²) in [6.45, 7) is 0. The summed E-state index contributed by atoms with van der Waals surface area (Å²) in [6.07, 6.45) is -4.88. The number of halogens is 4. The second-order valence-electron chi connectivity index (χ2n) is 6.55. The van der Waals surface area contributed by atoms with Crippen LogP contribution in [0.2, 0.25) is 5.02 Å². The Bertz CT molecular complexity index is 1290. The van der Waals surface area contributed by atoms with Gasteiger partial charge in [-0.25, -0.2) is 9.78 Å². The van der Waals surface area contributed by atoms with Crippen molar-refractivity contribution in [2.24, 2.45) is 0 Å². The Morgan fingerprint density at radius 2 is 1.90 bits per heavy atom. The summed E-state index contributed by atoms with van der Waals surface area (Å²) in [7, 11) is 0. The van der Waals surface area contributed by atoms with Crippen LogP contribution in [0.15, 0.2) is 52.3 Å². The van der Waals surface area contributed by atoms with Crippen molar-refractivity contribution >= 4 is 45.8 Å². The van der Waals surface area contributed by atoms with Crippen LogP contribution >= 0.6 is 22.9 Å². The Morgan fingerprint density at radius 1 is 1.16 bits per heavy atom. The fourth-order valence-electron chi connectivity index (χ4n) is 3.07. The number of thiophene rings is 1. The van der Waals surface area contributed by atoms with Gasteiger partial charge in [0.2, 0.25) is 5.78 Å². The predicted octanol–water partition coefficient (Wildman–Crippen LogP) is 6.35. The number of hydrogen-bond donors (Lipinski definition) is 1. The third-order valence-corrected chi connectivity index (χ3v) is 5.88. The summed E-state index contributed by atoms with van der Waals surface area (Å²) in [6, 6.07) is 9.48. The van der Waals surface area contributed by atoms with Gasteiger partial charge >= 0.3 is 12.1 Å². The van der Waals surface area contributed by atoms with Crippen LogP contribution in [0.25, 0.3) is 21.5 Å². The molecule has 0 fully saturated rings. The monoisotopic (exact) mass is 465 g/mol. The molecule has 158 valence electrons. The molecule has 0 atom stereocenters. The molecule has 10 heteroatoms. The number of ketones is 1. The Labute approximate surface area is 181 Å². The van der Waals surface area contributed by atoms with Crippen molar-refractivity contribution < 1.29 is 32.3 Å². The summed E-state index contributed by atoms with van der Waals surface area (Å²) in [5, 5.41) is 10.9. The Morgan fingerprint density at radius 3 is 2.55 bits per heavy atom. The van der Waals surface area contributed by atoms with Gasteiger partial charge in [-0.1, -0.05) is 29.8 Å². The van der Waals surface area contributed by atoms with Crippen molar-refractivity contribution in [1.82, 2.24) is 4.98 Å². The van der Waals surface area contributed by atoms with Crippen molar-refractivity contribution in [3.8, 4) is 10.4 Å². The minimum Gasteiger partial charge on any atom is -0.478 e. The third-order valence-electron chi connectivity index (χ3n) is 4.51. The number of aromatic carboxylic acids is 1. The highest BCUT2D eigenvalue weighted by molar-refractivity contribution is 7.14. The normalized spacial score (nSPS) is 11.7. The van der Waals surface area contributed by atoms with Gasteiger partial charge in [0.1, 0.15) is 5.52 Å². The molecule has 2 aromatic carbocycles. The highest BCUT2D eigenvalue weighted by Crippen LogP contribution is 2.40. The molecule has 4 aromatic rings. The number of oxazole rings is 1. The summed E-state index contributed by atoms with van der Waals surface area (Å²) >= 11 is 7.00. The molecule has 5 nitrogen and oxygen atoms in total.